The molecule has 0 fully saturated rings. The van der Waals surface area contributed by atoms with Gasteiger partial charge in [-0.3, -0.25) is 0 Å². The highest BCUT2D eigenvalue weighted by Gasteiger charge is 2.38. The minimum Gasteiger partial charge on any atom is -0.508 e. The zero-order valence-electron chi connectivity index (χ0n) is 16.1. The number of carboxylic acid groups (broad SMARTS) is 2. The van der Waals surface area contributed by atoms with Crippen LogP contribution < -0.4 is 0 Å². The Kier molecular flexibility index (Phi) is 13.3. The molecule has 0 saturated heterocycles. The van der Waals surface area contributed by atoms with Crippen molar-refractivity contribution in [3.8, 4) is 5.75 Å². The molecule has 14 heteroatoms. The molecule has 174 valence electrons. The molecule has 3 N–H and O–H groups in total. The summed E-state index contributed by atoms with van der Waals surface area (Å²) in [7, 11) is 6.18. The Labute approximate surface area is 176 Å². The van der Waals surface area contributed by atoms with Crippen molar-refractivity contribution in [1.82, 2.24) is 9.80 Å². The molecule has 1 aromatic rings. The lowest BCUT2D eigenvalue weighted by Gasteiger charge is -2.19. The highest BCUT2D eigenvalue weighted by Crippen LogP contribution is 2.22. The summed E-state index contributed by atoms with van der Waals surface area (Å²) in [6, 6.07) is 5.53. The standard InChI is InChI=1S/C12H19BrN2O.2C2HF3O2/c1-14(2)6-7-15(3)9-10-8-11(13)4-5-12(10)16;2*3-2(4,5)1(6)7/h4-5,8,16H,6-7,9H2,1-3H3;2*(H,6,7). The van der Waals surface area contributed by atoms with Crippen LogP contribution in [-0.2, 0) is 16.1 Å². The molecule has 30 heavy (non-hydrogen) atoms. The fraction of sp³-hybridized carbons (Fsp3) is 0.500. The van der Waals surface area contributed by atoms with E-state index in [0.29, 0.717) is 5.75 Å². The van der Waals surface area contributed by atoms with Gasteiger partial charge in [-0.25, -0.2) is 9.59 Å². The summed E-state index contributed by atoms with van der Waals surface area (Å²) >= 11 is 3.41. The largest absolute Gasteiger partial charge is 0.508 e. The third kappa shape index (κ3) is 15.8. The number of aromatic hydroxyl groups is 1. The number of nitrogens with zero attached hydrogens (tertiary/aromatic N) is 2. The van der Waals surface area contributed by atoms with Gasteiger partial charge in [0.2, 0.25) is 0 Å². The first-order valence-electron chi connectivity index (χ1n) is 7.78. The number of phenolic OH excluding ortho intramolecular Hbond substituents is 1. The van der Waals surface area contributed by atoms with Crippen molar-refractivity contribution in [2.75, 3.05) is 34.2 Å². The van der Waals surface area contributed by atoms with E-state index >= 15 is 0 Å². The number of benzene rings is 1. The number of aliphatic carboxylic acids is 2. The SMILES string of the molecule is CN(C)CCN(C)Cc1cc(Br)ccc1O.O=C(O)C(F)(F)F.O=C(O)C(F)(F)F. The molecule has 1 rings (SSSR count). The monoisotopic (exact) mass is 514 g/mol. The van der Waals surface area contributed by atoms with Crippen LogP contribution in [0, 0.1) is 0 Å². The molecule has 0 aliphatic carbocycles. The first-order valence-corrected chi connectivity index (χ1v) is 8.58. The smallest absolute Gasteiger partial charge is 0.490 e. The van der Waals surface area contributed by atoms with E-state index in [2.05, 4.69) is 46.9 Å². The van der Waals surface area contributed by atoms with Crippen molar-refractivity contribution < 1.29 is 51.3 Å². The van der Waals surface area contributed by atoms with Gasteiger partial charge in [-0.2, -0.15) is 26.3 Å². The molecule has 0 saturated carbocycles. The van der Waals surface area contributed by atoms with E-state index in [1.807, 2.05) is 12.1 Å². The Morgan fingerprint density at radius 1 is 0.933 bits per heavy atom. The number of halogens is 7. The summed E-state index contributed by atoms with van der Waals surface area (Å²) in [6.45, 7) is 2.77. The average molecular weight is 515 g/mol. The van der Waals surface area contributed by atoms with Crippen LogP contribution in [0.4, 0.5) is 26.3 Å². The van der Waals surface area contributed by atoms with Gasteiger partial charge in [0.15, 0.2) is 0 Å². The number of alkyl halides is 6. The lowest BCUT2D eigenvalue weighted by Crippen LogP contribution is -2.28. The van der Waals surface area contributed by atoms with E-state index in [1.54, 1.807) is 6.07 Å². The van der Waals surface area contributed by atoms with Gasteiger partial charge < -0.3 is 25.1 Å². The van der Waals surface area contributed by atoms with Gasteiger partial charge in [-0.1, -0.05) is 15.9 Å². The molecular weight excluding hydrogens is 494 g/mol. The zero-order chi connectivity index (χ0) is 24.3. The van der Waals surface area contributed by atoms with E-state index in [-0.39, 0.29) is 0 Å². The minimum atomic E-state index is -5.08. The summed E-state index contributed by atoms with van der Waals surface area (Å²) in [5.41, 5.74) is 0.954. The van der Waals surface area contributed by atoms with E-state index in [9.17, 15) is 31.4 Å². The van der Waals surface area contributed by atoms with E-state index in [0.717, 1.165) is 29.7 Å². The molecule has 0 aliphatic heterocycles. The third-order valence-electron chi connectivity index (χ3n) is 2.90. The molecule has 0 bridgehead atoms. The lowest BCUT2D eigenvalue weighted by atomic mass is 10.2. The lowest BCUT2D eigenvalue weighted by molar-refractivity contribution is -0.193. The summed E-state index contributed by atoms with van der Waals surface area (Å²) < 4.78 is 64.5. The quantitative estimate of drug-likeness (QED) is 0.517. The second-order valence-corrected chi connectivity index (χ2v) is 6.84. The van der Waals surface area contributed by atoms with Crippen LogP contribution in [0.25, 0.3) is 0 Å². The average Bonchev–Trinajstić information content (AvgIpc) is 2.55. The maximum absolute atomic E-state index is 10.6. The molecule has 0 aliphatic rings. The van der Waals surface area contributed by atoms with Crippen LogP contribution in [-0.4, -0.2) is 83.6 Å². The van der Waals surface area contributed by atoms with Crippen LogP contribution in [0.15, 0.2) is 22.7 Å². The van der Waals surface area contributed by atoms with Crippen molar-refractivity contribution in [2.24, 2.45) is 0 Å². The highest BCUT2D eigenvalue weighted by molar-refractivity contribution is 9.10. The fourth-order valence-electron chi connectivity index (χ4n) is 1.42. The molecule has 0 heterocycles. The van der Waals surface area contributed by atoms with Crippen LogP contribution >= 0.6 is 15.9 Å². The number of likely N-dealkylation sites (N-methyl/N-ethyl adjacent to an activating group) is 2. The molecule has 0 spiro atoms. The molecule has 0 amide bonds. The first kappa shape index (κ1) is 30.1. The normalized spacial score (nSPS) is 11.3. The Balaban J connectivity index is 0. The maximum Gasteiger partial charge on any atom is 0.490 e. The van der Waals surface area contributed by atoms with Gasteiger partial charge in [0, 0.05) is 29.7 Å². The summed E-state index contributed by atoms with van der Waals surface area (Å²) in [5.74, 6) is -5.15. The summed E-state index contributed by atoms with van der Waals surface area (Å²) in [5, 5.41) is 24.0. The Hall–Kier alpha value is -2.06. The predicted molar refractivity (Wildman–Crippen MR) is 98.1 cm³/mol. The third-order valence-corrected chi connectivity index (χ3v) is 3.39. The number of rotatable bonds is 5. The van der Waals surface area contributed by atoms with Crippen LogP contribution in [0.5, 0.6) is 5.75 Å². The number of carboxylic acids is 2. The molecule has 0 atom stereocenters. The Morgan fingerprint density at radius 2 is 1.33 bits per heavy atom. The van der Waals surface area contributed by atoms with Crippen molar-refractivity contribution in [3.05, 3.63) is 28.2 Å². The number of carbonyl (C=O) groups is 2. The van der Waals surface area contributed by atoms with Gasteiger partial charge in [-0.05, 0) is 39.3 Å². The molecule has 0 radical (unpaired) electrons. The minimum absolute atomic E-state index is 0.361. The Bertz CT molecular complexity index is 659. The van der Waals surface area contributed by atoms with Crippen LogP contribution in [0.1, 0.15) is 5.56 Å². The zero-order valence-corrected chi connectivity index (χ0v) is 17.6. The fourth-order valence-corrected chi connectivity index (χ4v) is 1.83. The second-order valence-electron chi connectivity index (χ2n) is 5.92. The molecule has 0 unspecified atom stereocenters. The van der Waals surface area contributed by atoms with Gasteiger partial charge in [-0.15, -0.1) is 0 Å². The molecule has 0 aromatic heterocycles. The predicted octanol–water partition coefficient (Wildman–Crippen LogP) is 3.41. The Morgan fingerprint density at radius 3 is 1.67 bits per heavy atom. The molecule has 1 aromatic carbocycles. The number of phenols is 1. The van der Waals surface area contributed by atoms with E-state index in [1.165, 1.54) is 0 Å². The maximum atomic E-state index is 10.6. The summed E-state index contributed by atoms with van der Waals surface area (Å²) in [6.07, 6.45) is -10.2. The highest BCUT2D eigenvalue weighted by atomic mass is 79.9. The van der Waals surface area contributed by atoms with Crippen molar-refractivity contribution in [1.29, 1.82) is 0 Å². The first-order chi connectivity index (χ1) is 13.4. The van der Waals surface area contributed by atoms with Gasteiger partial charge >= 0.3 is 24.3 Å². The van der Waals surface area contributed by atoms with Gasteiger partial charge in [0.1, 0.15) is 5.75 Å². The molecule has 7 nitrogen and oxygen atoms in total. The number of hydrogen-bond acceptors (Lipinski definition) is 5. The number of hydrogen-bond donors (Lipinski definition) is 3. The van der Waals surface area contributed by atoms with Crippen LogP contribution in [0.3, 0.4) is 0 Å². The van der Waals surface area contributed by atoms with E-state index < -0.39 is 24.3 Å². The van der Waals surface area contributed by atoms with Crippen molar-refractivity contribution >= 4 is 27.9 Å². The summed E-state index contributed by atoms with van der Waals surface area (Å²) in [4.78, 5) is 22.1. The topological polar surface area (TPSA) is 101 Å². The van der Waals surface area contributed by atoms with Crippen molar-refractivity contribution in [3.63, 3.8) is 0 Å². The van der Waals surface area contributed by atoms with E-state index in [4.69, 9.17) is 19.8 Å². The van der Waals surface area contributed by atoms with Crippen LogP contribution in [0.2, 0.25) is 0 Å². The van der Waals surface area contributed by atoms with Gasteiger partial charge in [0.25, 0.3) is 0 Å². The van der Waals surface area contributed by atoms with Crippen molar-refractivity contribution in [2.45, 2.75) is 18.9 Å². The molecular formula is C16H21BrF6N2O5. The van der Waals surface area contributed by atoms with Gasteiger partial charge in [0.05, 0.1) is 0 Å². The second kappa shape index (κ2) is 13.3.